The molecule has 0 spiro atoms. The molecule has 0 saturated heterocycles. The number of rotatable bonds is 4. The number of thiazole rings is 1. The van der Waals surface area contributed by atoms with Crippen LogP contribution in [0.2, 0.25) is 0 Å². The van der Waals surface area contributed by atoms with Gasteiger partial charge in [-0.2, -0.15) is 0 Å². The Bertz CT molecular complexity index is 1180. The summed E-state index contributed by atoms with van der Waals surface area (Å²) < 4.78 is 16.0. The molecule has 0 fully saturated rings. The maximum atomic E-state index is 13.2. The van der Waals surface area contributed by atoms with Gasteiger partial charge in [0, 0.05) is 21.2 Å². The number of nitrogens with zero attached hydrogens (tertiary/aromatic N) is 1. The number of hydrogen-bond acceptors (Lipinski definition) is 4. The van der Waals surface area contributed by atoms with E-state index in [0.717, 1.165) is 10.4 Å². The predicted octanol–water partition coefficient (Wildman–Crippen LogP) is 3.69. The van der Waals surface area contributed by atoms with Crippen molar-refractivity contribution in [3.05, 3.63) is 77.1 Å². The van der Waals surface area contributed by atoms with E-state index in [-0.39, 0.29) is 23.7 Å². The van der Waals surface area contributed by atoms with E-state index in [9.17, 15) is 14.0 Å². The second-order valence-electron chi connectivity index (χ2n) is 7.67. The van der Waals surface area contributed by atoms with E-state index in [1.807, 2.05) is 45.9 Å². The molecule has 0 aliphatic heterocycles. The number of thiophene rings is 1. The van der Waals surface area contributed by atoms with Gasteiger partial charge in [0.1, 0.15) is 10.5 Å². The van der Waals surface area contributed by atoms with Crippen molar-refractivity contribution in [3.8, 4) is 0 Å². The third kappa shape index (κ3) is 4.75. The van der Waals surface area contributed by atoms with Crippen LogP contribution in [-0.4, -0.2) is 10.4 Å². The number of Topliss-reactive ketones (excluding diaryl/α,β-unsaturated/α-hetero) is 1. The molecule has 6 heteroatoms. The van der Waals surface area contributed by atoms with Gasteiger partial charge < -0.3 is 0 Å². The zero-order valence-corrected chi connectivity index (χ0v) is 17.9. The van der Waals surface area contributed by atoms with Gasteiger partial charge in [0.05, 0.1) is 11.1 Å². The molecule has 146 valence electrons. The van der Waals surface area contributed by atoms with Crippen LogP contribution in [0.4, 0.5) is 4.39 Å². The molecule has 0 amide bonds. The fourth-order valence-corrected chi connectivity index (χ4v) is 4.48. The second kappa shape index (κ2) is 7.97. The molecule has 2 heterocycles. The molecule has 0 bridgehead atoms. The van der Waals surface area contributed by atoms with E-state index < -0.39 is 5.41 Å². The molecule has 3 rings (SSSR count). The number of hydrogen-bond donors (Lipinski definition) is 0. The summed E-state index contributed by atoms with van der Waals surface area (Å²) >= 11 is 2.92. The van der Waals surface area contributed by atoms with Crippen molar-refractivity contribution in [1.82, 2.24) is 4.57 Å². The summed E-state index contributed by atoms with van der Waals surface area (Å²) in [4.78, 5) is 27.8. The lowest BCUT2D eigenvalue weighted by molar-refractivity contribution is -0.120. The average molecular weight is 416 g/mol. The largest absolute Gasteiger partial charge is 0.294 e. The van der Waals surface area contributed by atoms with Gasteiger partial charge in [-0.25, -0.2) is 4.39 Å². The molecule has 2 aromatic heterocycles. The van der Waals surface area contributed by atoms with E-state index in [1.54, 1.807) is 34.1 Å². The number of aryl methyl sites for hydroxylation is 1. The standard InChI is InChI=1S/C22H22FNO2S2/c1-14-5-10-17(27-14)11-18-21(26)24(13-15-6-8-16(23)9-7-15)20(28-18)12-19(25)22(2,3)4/h5-12H,13H2,1-4H3/b18-11-,20-12-. The van der Waals surface area contributed by atoms with Gasteiger partial charge in [0.25, 0.3) is 5.56 Å². The van der Waals surface area contributed by atoms with Crippen molar-refractivity contribution in [2.75, 3.05) is 0 Å². The Hall–Kier alpha value is -2.31. The number of carbonyl (C=O) groups is 1. The highest BCUT2D eigenvalue weighted by Crippen LogP contribution is 2.16. The molecular formula is C22H22FNO2S2. The van der Waals surface area contributed by atoms with Crippen LogP contribution in [0.3, 0.4) is 0 Å². The monoisotopic (exact) mass is 415 g/mol. The Labute approximate surface area is 171 Å². The van der Waals surface area contributed by atoms with Crippen molar-refractivity contribution in [3.63, 3.8) is 0 Å². The van der Waals surface area contributed by atoms with Gasteiger partial charge in [-0.05, 0) is 42.8 Å². The highest BCUT2D eigenvalue weighted by atomic mass is 32.1. The molecule has 0 radical (unpaired) electrons. The molecule has 0 saturated carbocycles. The molecular weight excluding hydrogens is 393 g/mol. The van der Waals surface area contributed by atoms with Crippen molar-refractivity contribution < 1.29 is 9.18 Å². The Morgan fingerprint density at radius 1 is 1.11 bits per heavy atom. The minimum absolute atomic E-state index is 0.0416. The first-order chi connectivity index (χ1) is 13.1. The number of aromatic nitrogens is 1. The molecule has 1 aromatic carbocycles. The van der Waals surface area contributed by atoms with Crippen LogP contribution in [0.5, 0.6) is 0 Å². The summed E-state index contributed by atoms with van der Waals surface area (Å²) in [6.07, 6.45) is 3.41. The van der Waals surface area contributed by atoms with Gasteiger partial charge in [0.2, 0.25) is 0 Å². The zero-order chi connectivity index (χ0) is 20.5. The third-order valence-corrected chi connectivity index (χ3v) is 6.23. The third-order valence-electron chi connectivity index (χ3n) is 4.22. The Morgan fingerprint density at radius 3 is 2.36 bits per heavy atom. The molecule has 0 unspecified atom stereocenters. The van der Waals surface area contributed by atoms with Crippen LogP contribution in [-0.2, 0) is 11.3 Å². The fourth-order valence-electron chi connectivity index (χ4n) is 2.55. The summed E-state index contributed by atoms with van der Waals surface area (Å²) in [5, 5.41) is 0. The normalized spacial score (nSPS) is 13.3. The second-order valence-corrected chi connectivity index (χ2v) is 10.1. The molecule has 3 nitrogen and oxygen atoms in total. The first kappa shape index (κ1) is 20.4. The Balaban J connectivity index is 2.16. The van der Waals surface area contributed by atoms with Crippen molar-refractivity contribution in [2.45, 2.75) is 34.2 Å². The average Bonchev–Trinajstić information content (AvgIpc) is 3.14. The molecule has 0 aliphatic rings. The summed E-state index contributed by atoms with van der Waals surface area (Å²) in [6, 6.07) is 10.0. The van der Waals surface area contributed by atoms with E-state index in [1.165, 1.54) is 28.3 Å². The van der Waals surface area contributed by atoms with Crippen LogP contribution >= 0.6 is 22.7 Å². The summed E-state index contributed by atoms with van der Waals surface area (Å²) in [5.41, 5.74) is 0.126. The number of benzene rings is 1. The lowest BCUT2D eigenvalue weighted by atomic mass is 9.91. The van der Waals surface area contributed by atoms with Crippen LogP contribution in [0, 0.1) is 18.2 Å². The predicted molar refractivity (Wildman–Crippen MR) is 115 cm³/mol. The zero-order valence-electron chi connectivity index (χ0n) is 16.3. The molecule has 28 heavy (non-hydrogen) atoms. The number of ketones is 1. The van der Waals surface area contributed by atoms with E-state index in [2.05, 4.69) is 0 Å². The fraction of sp³-hybridized carbons (Fsp3) is 0.273. The van der Waals surface area contributed by atoms with Crippen LogP contribution < -0.4 is 14.8 Å². The lowest BCUT2D eigenvalue weighted by Crippen LogP contribution is -2.32. The van der Waals surface area contributed by atoms with Gasteiger partial charge in [-0.3, -0.25) is 14.2 Å². The highest BCUT2D eigenvalue weighted by Gasteiger charge is 2.19. The molecule has 0 atom stereocenters. The maximum absolute atomic E-state index is 13.2. The maximum Gasteiger partial charge on any atom is 0.269 e. The first-order valence-corrected chi connectivity index (χ1v) is 10.6. The van der Waals surface area contributed by atoms with E-state index >= 15 is 0 Å². The topological polar surface area (TPSA) is 39.1 Å². The molecule has 0 aliphatic carbocycles. The van der Waals surface area contributed by atoms with Crippen LogP contribution in [0.25, 0.3) is 12.2 Å². The first-order valence-electron chi connectivity index (χ1n) is 8.92. The SMILES string of the molecule is Cc1ccc(/C=c2\s/c(=C\C(=O)C(C)(C)C)n(Cc3ccc(F)cc3)c2=O)s1. The molecule has 0 N–H and O–H groups in total. The Morgan fingerprint density at radius 2 is 1.79 bits per heavy atom. The van der Waals surface area contributed by atoms with Crippen LogP contribution in [0.15, 0.2) is 41.2 Å². The van der Waals surface area contributed by atoms with E-state index in [4.69, 9.17) is 0 Å². The number of carbonyl (C=O) groups excluding carboxylic acids is 1. The lowest BCUT2D eigenvalue weighted by Gasteiger charge is -2.13. The highest BCUT2D eigenvalue weighted by molar-refractivity contribution is 7.13. The quantitative estimate of drug-likeness (QED) is 0.652. The minimum Gasteiger partial charge on any atom is -0.294 e. The van der Waals surface area contributed by atoms with Gasteiger partial charge in [-0.1, -0.05) is 32.9 Å². The molecule has 3 aromatic rings. The Kier molecular flexibility index (Phi) is 5.82. The van der Waals surface area contributed by atoms with Crippen molar-refractivity contribution in [1.29, 1.82) is 0 Å². The van der Waals surface area contributed by atoms with Crippen molar-refractivity contribution in [2.24, 2.45) is 5.41 Å². The summed E-state index contributed by atoms with van der Waals surface area (Å²) in [5.74, 6) is -0.363. The van der Waals surface area contributed by atoms with E-state index in [0.29, 0.717) is 9.20 Å². The van der Waals surface area contributed by atoms with Crippen molar-refractivity contribution >= 4 is 40.6 Å². The van der Waals surface area contributed by atoms with Gasteiger partial charge >= 0.3 is 0 Å². The van der Waals surface area contributed by atoms with Gasteiger partial charge in [-0.15, -0.1) is 22.7 Å². The number of halogens is 1. The van der Waals surface area contributed by atoms with Gasteiger partial charge in [0.15, 0.2) is 5.78 Å². The minimum atomic E-state index is -0.532. The van der Waals surface area contributed by atoms with Crippen LogP contribution in [0.1, 0.15) is 36.1 Å². The summed E-state index contributed by atoms with van der Waals surface area (Å²) in [6.45, 7) is 7.86. The summed E-state index contributed by atoms with van der Waals surface area (Å²) in [7, 11) is 0. The smallest absolute Gasteiger partial charge is 0.269 e.